The minimum Gasteiger partial charge on any atom is -0.449 e. The molecule has 0 spiro atoms. The molecule has 0 radical (unpaired) electrons. The normalized spacial score (nSPS) is 10.2. The highest BCUT2D eigenvalue weighted by atomic mass is 17.1. The fourth-order valence-electron chi connectivity index (χ4n) is 1.21. The van der Waals surface area contributed by atoms with Crippen LogP contribution in [0.25, 0.3) is 11.0 Å². The van der Waals surface area contributed by atoms with Gasteiger partial charge >= 0.3 is 0 Å². The lowest BCUT2D eigenvalue weighted by molar-refractivity contribution is -0.137. The monoisotopic (exact) mass is 178 g/mol. The fourth-order valence-corrected chi connectivity index (χ4v) is 1.21. The van der Waals surface area contributed by atoms with E-state index in [9.17, 15) is 4.79 Å². The first-order chi connectivity index (χ1) is 6.36. The van der Waals surface area contributed by atoms with Gasteiger partial charge in [-0.25, -0.2) is 5.26 Å². The minimum absolute atomic E-state index is 0.0105. The molecule has 4 nitrogen and oxygen atoms in total. The molecule has 0 bridgehead atoms. The molecule has 66 valence electrons. The standard InChI is InChI=1S/C9H6O4/c10-5-8-9(13-11)6-3-1-2-4-7(6)12-8/h1-5,11H. The van der Waals surface area contributed by atoms with Crippen LogP contribution < -0.4 is 4.89 Å². The molecule has 0 fully saturated rings. The van der Waals surface area contributed by atoms with Gasteiger partial charge in [-0.05, 0) is 12.1 Å². The maximum atomic E-state index is 10.5. The van der Waals surface area contributed by atoms with Crippen LogP contribution in [0.1, 0.15) is 10.6 Å². The third-order valence-corrected chi connectivity index (χ3v) is 1.77. The smallest absolute Gasteiger partial charge is 0.221 e. The van der Waals surface area contributed by atoms with Crippen molar-refractivity contribution in [1.29, 1.82) is 0 Å². The summed E-state index contributed by atoms with van der Waals surface area (Å²) < 4.78 is 5.09. The number of carbonyl (C=O) groups excluding carboxylic acids is 1. The van der Waals surface area contributed by atoms with Gasteiger partial charge in [0.15, 0.2) is 6.29 Å². The Morgan fingerprint density at radius 3 is 2.85 bits per heavy atom. The summed E-state index contributed by atoms with van der Waals surface area (Å²) in [5.41, 5.74) is 0.508. The Hall–Kier alpha value is -1.81. The largest absolute Gasteiger partial charge is 0.449 e. The maximum Gasteiger partial charge on any atom is 0.221 e. The molecule has 0 amide bonds. The summed E-state index contributed by atoms with van der Waals surface area (Å²) in [6.45, 7) is 0. The highest BCUT2D eigenvalue weighted by Gasteiger charge is 2.14. The Balaban J connectivity index is 2.81. The van der Waals surface area contributed by atoms with Gasteiger partial charge in [-0.2, -0.15) is 0 Å². The number of hydrogen-bond acceptors (Lipinski definition) is 4. The van der Waals surface area contributed by atoms with Crippen LogP contribution >= 0.6 is 0 Å². The van der Waals surface area contributed by atoms with E-state index in [1.54, 1.807) is 24.3 Å². The highest BCUT2D eigenvalue weighted by molar-refractivity contribution is 5.92. The van der Waals surface area contributed by atoms with Gasteiger partial charge in [0.25, 0.3) is 0 Å². The fraction of sp³-hybridized carbons (Fsp3) is 0. The number of benzene rings is 1. The molecule has 13 heavy (non-hydrogen) atoms. The number of rotatable bonds is 2. The summed E-state index contributed by atoms with van der Waals surface area (Å²) in [5.74, 6) is 0.0503. The molecule has 4 heteroatoms. The van der Waals surface area contributed by atoms with E-state index < -0.39 is 0 Å². The zero-order valence-corrected chi connectivity index (χ0v) is 6.56. The van der Waals surface area contributed by atoms with Crippen LogP contribution in [-0.4, -0.2) is 11.5 Å². The van der Waals surface area contributed by atoms with Crippen molar-refractivity contribution in [2.45, 2.75) is 0 Å². The van der Waals surface area contributed by atoms with E-state index in [4.69, 9.17) is 9.67 Å². The van der Waals surface area contributed by atoms with Gasteiger partial charge in [0.05, 0.1) is 5.39 Å². The lowest BCUT2D eigenvalue weighted by Gasteiger charge is -1.90. The van der Waals surface area contributed by atoms with Gasteiger partial charge in [-0.3, -0.25) is 4.79 Å². The van der Waals surface area contributed by atoms with Gasteiger partial charge in [-0.1, -0.05) is 12.1 Å². The van der Waals surface area contributed by atoms with Crippen LogP contribution in [-0.2, 0) is 0 Å². The molecule has 1 N–H and O–H groups in total. The minimum atomic E-state index is -0.0105. The van der Waals surface area contributed by atoms with Crippen LogP contribution in [0.2, 0.25) is 0 Å². The summed E-state index contributed by atoms with van der Waals surface area (Å²) in [4.78, 5) is 14.5. The number of hydrogen-bond donors (Lipinski definition) is 1. The molecule has 0 unspecified atom stereocenters. The number of carbonyl (C=O) groups is 1. The van der Waals surface area contributed by atoms with Crippen molar-refractivity contribution in [2.24, 2.45) is 0 Å². The summed E-state index contributed by atoms with van der Waals surface area (Å²) in [5, 5.41) is 9.09. The molecule has 0 atom stereocenters. The van der Waals surface area contributed by atoms with Crippen LogP contribution in [0, 0.1) is 0 Å². The number of furan rings is 1. The predicted octanol–water partition coefficient (Wildman–Crippen LogP) is 2.10. The van der Waals surface area contributed by atoms with Crippen LogP contribution in [0.3, 0.4) is 0 Å². The quantitative estimate of drug-likeness (QED) is 0.434. The molecule has 1 aromatic carbocycles. The molecule has 0 aliphatic rings. The molecular formula is C9H6O4. The Bertz CT molecular complexity index is 444. The summed E-state index contributed by atoms with van der Waals surface area (Å²) in [6.07, 6.45) is 0.492. The van der Waals surface area contributed by atoms with E-state index in [0.717, 1.165) is 0 Å². The average molecular weight is 178 g/mol. The second kappa shape index (κ2) is 2.91. The molecule has 0 aliphatic heterocycles. The molecule has 2 aromatic rings. The molecule has 0 saturated heterocycles. The Morgan fingerprint density at radius 1 is 1.38 bits per heavy atom. The van der Waals surface area contributed by atoms with E-state index >= 15 is 0 Å². The zero-order chi connectivity index (χ0) is 9.26. The van der Waals surface area contributed by atoms with Crippen LogP contribution in [0.4, 0.5) is 0 Å². The van der Waals surface area contributed by atoms with Crippen molar-refractivity contribution in [2.75, 3.05) is 0 Å². The van der Waals surface area contributed by atoms with Crippen LogP contribution in [0.5, 0.6) is 5.75 Å². The van der Waals surface area contributed by atoms with Gasteiger partial charge in [0.2, 0.25) is 11.5 Å². The average Bonchev–Trinajstić information content (AvgIpc) is 2.55. The van der Waals surface area contributed by atoms with Crippen molar-refractivity contribution in [3.63, 3.8) is 0 Å². The van der Waals surface area contributed by atoms with E-state index in [0.29, 0.717) is 17.3 Å². The summed E-state index contributed by atoms with van der Waals surface area (Å²) >= 11 is 0. The molecule has 0 saturated carbocycles. The van der Waals surface area contributed by atoms with Gasteiger partial charge in [-0.15, -0.1) is 0 Å². The first-order valence-electron chi connectivity index (χ1n) is 3.65. The Kier molecular flexibility index (Phi) is 1.75. The second-order valence-corrected chi connectivity index (χ2v) is 2.50. The number of para-hydroxylation sites is 1. The van der Waals surface area contributed by atoms with Crippen molar-refractivity contribution < 1.29 is 19.4 Å². The van der Waals surface area contributed by atoms with E-state index in [-0.39, 0.29) is 11.5 Å². The molecule has 1 heterocycles. The number of fused-ring (bicyclic) bond motifs is 1. The lowest BCUT2D eigenvalue weighted by atomic mass is 10.2. The topological polar surface area (TPSA) is 59.7 Å². The first-order valence-corrected chi connectivity index (χ1v) is 3.65. The Morgan fingerprint density at radius 2 is 2.15 bits per heavy atom. The third kappa shape index (κ3) is 1.08. The van der Waals surface area contributed by atoms with Crippen molar-refractivity contribution in [1.82, 2.24) is 0 Å². The molecule has 2 rings (SSSR count). The lowest BCUT2D eigenvalue weighted by Crippen LogP contribution is -1.85. The third-order valence-electron chi connectivity index (χ3n) is 1.77. The zero-order valence-electron chi connectivity index (χ0n) is 6.56. The van der Waals surface area contributed by atoms with Crippen molar-refractivity contribution in [3.05, 3.63) is 30.0 Å². The molecule has 1 aromatic heterocycles. The summed E-state index contributed by atoms with van der Waals surface area (Å²) in [6, 6.07) is 6.90. The molecular weight excluding hydrogens is 172 g/mol. The Labute approximate surface area is 73.3 Å². The molecule has 0 aliphatic carbocycles. The van der Waals surface area contributed by atoms with E-state index in [1.807, 2.05) is 0 Å². The highest BCUT2D eigenvalue weighted by Crippen LogP contribution is 2.31. The van der Waals surface area contributed by atoms with Crippen molar-refractivity contribution in [3.8, 4) is 5.75 Å². The second-order valence-electron chi connectivity index (χ2n) is 2.50. The van der Waals surface area contributed by atoms with Crippen molar-refractivity contribution >= 4 is 17.3 Å². The number of aldehydes is 1. The van der Waals surface area contributed by atoms with E-state index in [2.05, 4.69) is 4.89 Å². The van der Waals surface area contributed by atoms with Gasteiger partial charge in [0.1, 0.15) is 5.58 Å². The predicted molar refractivity (Wildman–Crippen MR) is 44.9 cm³/mol. The summed E-state index contributed by atoms with van der Waals surface area (Å²) in [7, 11) is 0. The van der Waals surface area contributed by atoms with Crippen LogP contribution in [0.15, 0.2) is 28.7 Å². The van der Waals surface area contributed by atoms with Gasteiger partial charge in [0, 0.05) is 0 Å². The van der Waals surface area contributed by atoms with Gasteiger partial charge < -0.3 is 9.30 Å². The maximum absolute atomic E-state index is 10.5. The first kappa shape index (κ1) is 7.82. The SMILES string of the molecule is O=Cc1oc2ccccc2c1OO. The van der Waals surface area contributed by atoms with E-state index in [1.165, 1.54) is 0 Å².